The first kappa shape index (κ1) is 15.1. The summed E-state index contributed by atoms with van der Waals surface area (Å²) < 4.78 is 47.6. The Morgan fingerprint density at radius 3 is 2.63 bits per heavy atom. The number of rotatable bonds is 5. The fourth-order valence-electron chi connectivity index (χ4n) is 1.40. The summed E-state index contributed by atoms with van der Waals surface area (Å²) in [6.07, 6.45) is -4.17. The highest BCUT2D eigenvalue weighted by molar-refractivity contribution is 5.69. The Bertz CT molecular complexity index is 446. The Kier molecular flexibility index (Phi) is 5.02. The van der Waals surface area contributed by atoms with Crippen LogP contribution in [0.3, 0.4) is 0 Å². The van der Waals surface area contributed by atoms with Gasteiger partial charge in [0.15, 0.2) is 0 Å². The number of alkyl halides is 3. The van der Waals surface area contributed by atoms with E-state index in [4.69, 9.17) is 10.5 Å². The van der Waals surface area contributed by atoms with Gasteiger partial charge in [0.2, 0.25) is 0 Å². The molecule has 0 amide bonds. The molecule has 0 unspecified atom stereocenters. The number of methoxy groups -OCH3 is 1. The number of ether oxygens (including phenoxy) is 2. The second kappa shape index (κ2) is 6.31. The molecule has 2 N–H and O–H groups in total. The Labute approximate surface area is 108 Å². The van der Waals surface area contributed by atoms with Gasteiger partial charge in [0.05, 0.1) is 19.3 Å². The first-order valence-corrected chi connectivity index (χ1v) is 5.51. The number of hydrogen-bond acceptors (Lipinski definition) is 4. The Balaban J connectivity index is 2.66. The molecule has 7 heteroatoms. The van der Waals surface area contributed by atoms with Crippen molar-refractivity contribution in [2.24, 2.45) is 0 Å². The summed E-state index contributed by atoms with van der Waals surface area (Å²) in [6.45, 7) is -0.0118. The van der Waals surface area contributed by atoms with Gasteiger partial charge in [-0.25, -0.2) is 0 Å². The van der Waals surface area contributed by atoms with Crippen LogP contribution in [0.4, 0.5) is 18.9 Å². The molecule has 0 spiro atoms. The lowest BCUT2D eigenvalue weighted by Gasteiger charge is -2.14. The van der Waals surface area contributed by atoms with Crippen molar-refractivity contribution in [3.05, 3.63) is 23.8 Å². The lowest BCUT2D eigenvalue weighted by atomic mass is 10.1. The number of hydrogen-bond donors (Lipinski definition) is 1. The largest absolute Gasteiger partial charge is 0.493 e. The summed E-state index contributed by atoms with van der Waals surface area (Å²) in [5, 5.41) is 0. The van der Waals surface area contributed by atoms with Crippen LogP contribution in [0.2, 0.25) is 0 Å². The van der Waals surface area contributed by atoms with Gasteiger partial charge in [-0.1, -0.05) is 0 Å². The summed E-state index contributed by atoms with van der Waals surface area (Å²) in [6, 6.07) is 3.30. The van der Waals surface area contributed by atoms with Crippen LogP contribution in [0.5, 0.6) is 5.75 Å². The molecule has 0 saturated carbocycles. The number of esters is 1. The molecule has 0 aliphatic carbocycles. The van der Waals surface area contributed by atoms with Crippen molar-refractivity contribution in [3.8, 4) is 5.75 Å². The van der Waals surface area contributed by atoms with Crippen LogP contribution >= 0.6 is 0 Å². The normalized spacial score (nSPS) is 11.2. The number of anilines is 1. The molecule has 0 aliphatic rings. The van der Waals surface area contributed by atoms with Crippen molar-refractivity contribution in [2.45, 2.75) is 19.0 Å². The van der Waals surface area contributed by atoms with Crippen molar-refractivity contribution in [3.63, 3.8) is 0 Å². The van der Waals surface area contributed by atoms with Gasteiger partial charge in [-0.2, -0.15) is 13.2 Å². The molecule has 0 fully saturated rings. The lowest BCUT2D eigenvalue weighted by Crippen LogP contribution is -2.11. The summed E-state index contributed by atoms with van der Waals surface area (Å²) in [5.74, 6) is -0.733. The van der Waals surface area contributed by atoms with Crippen molar-refractivity contribution >= 4 is 11.7 Å². The SMILES string of the molecule is COC(=O)CCCOc1ccc(N)cc1C(F)(F)F. The molecule has 0 radical (unpaired) electrons. The molecule has 0 aliphatic heterocycles. The fraction of sp³-hybridized carbons (Fsp3) is 0.417. The van der Waals surface area contributed by atoms with Crippen molar-refractivity contribution in [2.75, 3.05) is 19.5 Å². The molecule has 19 heavy (non-hydrogen) atoms. The van der Waals surface area contributed by atoms with E-state index in [1.165, 1.54) is 13.2 Å². The van der Waals surface area contributed by atoms with Gasteiger partial charge in [-0.15, -0.1) is 0 Å². The summed E-state index contributed by atoms with van der Waals surface area (Å²) >= 11 is 0. The standard InChI is InChI=1S/C12H14F3NO3/c1-18-11(17)3-2-6-19-10-5-4-8(16)7-9(10)12(13,14)15/h4-5,7H,2-3,6,16H2,1H3. The Hall–Kier alpha value is -1.92. The molecule has 4 nitrogen and oxygen atoms in total. The number of carbonyl (C=O) groups is 1. The maximum atomic E-state index is 12.7. The van der Waals surface area contributed by atoms with Gasteiger partial charge in [0.25, 0.3) is 0 Å². The van der Waals surface area contributed by atoms with E-state index < -0.39 is 17.7 Å². The zero-order valence-electron chi connectivity index (χ0n) is 10.3. The molecular weight excluding hydrogens is 263 g/mol. The number of halogens is 3. The predicted octanol–water partition coefficient (Wildman–Crippen LogP) is 2.62. The molecule has 0 saturated heterocycles. The number of carbonyl (C=O) groups excluding carboxylic acids is 1. The maximum absolute atomic E-state index is 12.7. The van der Waals surface area contributed by atoms with Gasteiger partial charge in [-0.05, 0) is 24.6 Å². The van der Waals surface area contributed by atoms with Crippen molar-refractivity contribution in [1.29, 1.82) is 0 Å². The first-order chi connectivity index (χ1) is 8.84. The molecule has 1 rings (SSSR count). The molecule has 0 bridgehead atoms. The Morgan fingerprint density at radius 2 is 2.05 bits per heavy atom. The van der Waals surface area contributed by atoms with Crippen molar-refractivity contribution in [1.82, 2.24) is 0 Å². The number of nitrogens with two attached hydrogens (primary N) is 1. The molecular formula is C12H14F3NO3. The zero-order valence-corrected chi connectivity index (χ0v) is 10.3. The molecule has 1 aromatic carbocycles. The van der Waals surface area contributed by atoms with Gasteiger partial charge < -0.3 is 15.2 Å². The predicted molar refractivity (Wildman–Crippen MR) is 62.6 cm³/mol. The summed E-state index contributed by atoms with van der Waals surface area (Å²) in [5.41, 5.74) is 4.40. The van der Waals surface area contributed by atoms with Crippen LogP contribution in [0.15, 0.2) is 18.2 Å². The number of benzene rings is 1. The quantitative estimate of drug-likeness (QED) is 0.510. The minimum Gasteiger partial charge on any atom is -0.493 e. The van der Waals surface area contributed by atoms with E-state index in [1.54, 1.807) is 0 Å². The molecule has 106 valence electrons. The highest BCUT2D eigenvalue weighted by Gasteiger charge is 2.34. The van der Waals surface area contributed by atoms with Crippen LogP contribution in [0, 0.1) is 0 Å². The highest BCUT2D eigenvalue weighted by Crippen LogP contribution is 2.37. The van der Waals surface area contributed by atoms with Crippen molar-refractivity contribution < 1.29 is 27.4 Å². The van der Waals surface area contributed by atoms with E-state index >= 15 is 0 Å². The van der Waals surface area contributed by atoms with E-state index in [2.05, 4.69) is 4.74 Å². The monoisotopic (exact) mass is 277 g/mol. The third-order valence-corrected chi connectivity index (χ3v) is 2.32. The molecule has 0 aromatic heterocycles. The van der Waals surface area contributed by atoms with Crippen LogP contribution in [0.25, 0.3) is 0 Å². The average molecular weight is 277 g/mol. The van der Waals surface area contributed by atoms with Crippen LogP contribution in [-0.2, 0) is 15.7 Å². The molecule has 1 aromatic rings. The first-order valence-electron chi connectivity index (χ1n) is 5.51. The Morgan fingerprint density at radius 1 is 1.37 bits per heavy atom. The third-order valence-electron chi connectivity index (χ3n) is 2.32. The summed E-state index contributed by atoms with van der Waals surface area (Å²) in [4.78, 5) is 10.8. The minimum atomic E-state index is -4.53. The van der Waals surface area contributed by atoms with Gasteiger partial charge in [0, 0.05) is 12.1 Å². The van der Waals surface area contributed by atoms with Crippen LogP contribution < -0.4 is 10.5 Å². The summed E-state index contributed by atoms with van der Waals surface area (Å²) in [7, 11) is 1.24. The van der Waals surface area contributed by atoms with Gasteiger partial charge >= 0.3 is 12.1 Å². The van der Waals surface area contributed by atoms with Gasteiger partial charge in [0.1, 0.15) is 5.75 Å². The van der Waals surface area contributed by atoms with Crippen LogP contribution in [0.1, 0.15) is 18.4 Å². The maximum Gasteiger partial charge on any atom is 0.420 e. The second-order valence-corrected chi connectivity index (χ2v) is 3.78. The van der Waals surface area contributed by atoms with E-state index in [9.17, 15) is 18.0 Å². The topological polar surface area (TPSA) is 61.5 Å². The fourth-order valence-corrected chi connectivity index (χ4v) is 1.40. The van der Waals surface area contributed by atoms with E-state index in [0.29, 0.717) is 0 Å². The second-order valence-electron chi connectivity index (χ2n) is 3.78. The third kappa shape index (κ3) is 4.69. The van der Waals surface area contributed by atoms with E-state index in [1.807, 2.05) is 0 Å². The van der Waals surface area contributed by atoms with E-state index in [-0.39, 0.29) is 30.9 Å². The smallest absolute Gasteiger partial charge is 0.420 e. The van der Waals surface area contributed by atoms with Gasteiger partial charge in [-0.3, -0.25) is 4.79 Å². The molecule has 0 atom stereocenters. The zero-order chi connectivity index (χ0) is 14.5. The minimum absolute atomic E-state index is 0.00855. The number of nitrogen functional groups attached to an aromatic ring is 1. The molecule has 0 heterocycles. The van der Waals surface area contributed by atoms with Crippen LogP contribution in [-0.4, -0.2) is 19.7 Å². The lowest BCUT2D eigenvalue weighted by molar-refractivity contribution is -0.141. The highest BCUT2D eigenvalue weighted by atomic mass is 19.4. The van der Waals surface area contributed by atoms with E-state index in [0.717, 1.165) is 12.1 Å². The average Bonchev–Trinajstić information content (AvgIpc) is 2.34.